The van der Waals surface area contributed by atoms with Crippen molar-refractivity contribution in [1.29, 1.82) is 0 Å². The molecule has 2 heterocycles. The van der Waals surface area contributed by atoms with Crippen molar-refractivity contribution < 1.29 is 14.4 Å². The van der Waals surface area contributed by atoms with E-state index in [2.05, 4.69) is 44.7 Å². The van der Waals surface area contributed by atoms with Crippen LogP contribution in [0.4, 0.5) is 4.79 Å². The Kier molecular flexibility index (Phi) is 8.03. The van der Waals surface area contributed by atoms with E-state index in [1.807, 2.05) is 19.9 Å². The van der Waals surface area contributed by atoms with E-state index in [-0.39, 0.29) is 18.4 Å². The Morgan fingerprint density at radius 3 is 2.29 bits per heavy atom. The summed E-state index contributed by atoms with van der Waals surface area (Å²) in [5.41, 5.74) is 0.485. The Bertz CT molecular complexity index is 758. The first kappa shape index (κ1) is 23.2. The molecule has 8 nitrogen and oxygen atoms in total. The van der Waals surface area contributed by atoms with Crippen molar-refractivity contribution in [3.63, 3.8) is 0 Å². The number of hydrogen-bond acceptors (Lipinski definition) is 5. The maximum Gasteiger partial charge on any atom is 0.325 e. The van der Waals surface area contributed by atoms with E-state index in [1.165, 1.54) is 5.56 Å². The summed E-state index contributed by atoms with van der Waals surface area (Å²) in [5, 5.41) is 5.59. The molecule has 31 heavy (non-hydrogen) atoms. The highest BCUT2D eigenvalue weighted by Crippen LogP contribution is 2.24. The summed E-state index contributed by atoms with van der Waals surface area (Å²) in [6.45, 7) is 10.1. The Balaban J connectivity index is 1.31. The summed E-state index contributed by atoms with van der Waals surface area (Å²) in [7, 11) is 0. The third-order valence-corrected chi connectivity index (χ3v) is 6.44. The fourth-order valence-corrected chi connectivity index (χ4v) is 4.29. The predicted molar refractivity (Wildman–Crippen MR) is 119 cm³/mol. The van der Waals surface area contributed by atoms with E-state index >= 15 is 0 Å². The number of nitrogens with zero attached hydrogens (tertiary/aromatic N) is 3. The minimum absolute atomic E-state index is 0.218. The zero-order chi connectivity index (χ0) is 22.3. The molecule has 0 spiro atoms. The minimum atomic E-state index is -0.861. The first-order valence-corrected chi connectivity index (χ1v) is 11.4. The van der Waals surface area contributed by atoms with Crippen LogP contribution in [0.25, 0.3) is 0 Å². The summed E-state index contributed by atoms with van der Waals surface area (Å²) < 4.78 is 0. The van der Waals surface area contributed by atoms with Crippen LogP contribution in [-0.2, 0) is 16.1 Å². The number of carbonyl (C=O) groups is 3. The molecule has 2 aliphatic heterocycles. The molecule has 2 saturated heterocycles. The Hall–Kier alpha value is -2.45. The lowest BCUT2D eigenvalue weighted by molar-refractivity contribution is -0.135. The number of benzene rings is 1. The molecule has 170 valence electrons. The van der Waals surface area contributed by atoms with Crippen LogP contribution in [-0.4, -0.2) is 83.9 Å². The van der Waals surface area contributed by atoms with Gasteiger partial charge in [-0.3, -0.25) is 19.4 Å². The number of urea groups is 1. The molecule has 1 aromatic rings. The average Bonchev–Trinajstić information content (AvgIpc) is 3.03. The number of imide groups is 1. The molecule has 0 saturated carbocycles. The number of hydrogen-bond donors (Lipinski definition) is 2. The predicted octanol–water partition coefficient (Wildman–Crippen LogP) is 1.42. The van der Waals surface area contributed by atoms with E-state index in [4.69, 9.17) is 0 Å². The largest absolute Gasteiger partial charge is 0.354 e. The van der Waals surface area contributed by atoms with Gasteiger partial charge in [0.25, 0.3) is 5.91 Å². The summed E-state index contributed by atoms with van der Waals surface area (Å²) >= 11 is 0. The van der Waals surface area contributed by atoms with Gasteiger partial charge in [-0.1, -0.05) is 44.2 Å². The zero-order valence-electron chi connectivity index (χ0n) is 18.7. The Morgan fingerprint density at radius 2 is 1.68 bits per heavy atom. The smallest absolute Gasteiger partial charge is 0.325 e. The van der Waals surface area contributed by atoms with Crippen molar-refractivity contribution in [2.45, 2.75) is 45.2 Å². The number of nitrogens with one attached hydrogen (secondary N) is 2. The molecular formula is C23H35N5O3. The first-order valence-electron chi connectivity index (χ1n) is 11.4. The number of piperazine rings is 1. The fraction of sp³-hybridized carbons (Fsp3) is 0.609. The molecule has 0 bridgehead atoms. The van der Waals surface area contributed by atoms with Crippen molar-refractivity contribution >= 4 is 17.8 Å². The maximum atomic E-state index is 12.6. The normalized spacial score (nSPS) is 19.5. The van der Waals surface area contributed by atoms with E-state index < -0.39 is 11.6 Å². The lowest BCUT2D eigenvalue weighted by atomic mass is 9.93. The van der Waals surface area contributed by atoms with Crippen LogP contribution in [0.3, 0.4) is 0 Å². The summed E-state index contributed by atoms with van der Waals surface area (Å²) in [4.78, 5) is 42.9. The van der Waals surface area contributed by atoms with Gasteiger partial charge in [-0.15, -0.1) is 0 Å². The quantitative estimate of drug-likeness (QED) is 0.434. The molecule has 0 atom stereocenters. The molecular weight excluding hydrogens is 394 g/mol. The molecule has 4 amide bonds. The van der Waals surface area contributed by atoms with Crippen LogP contribution < -0.4 is 10.6 Å². The topological polar surface area (TPSA) is 85.0 Å². The van der Waals surface area contributed by atoms with Gasteiger partial charge in [-0.25, -0.2) is 4.79 Å². The van der Waals surface area contributed by atoms with Crippen molar-refractivity contribution in [2.75, 3.05) is 45.8 Å². The van der Waals surface area contributed by atoms with E-state index in [0.29, 0.717) is 19.4 Å². The lowest BCUT2D eigenvalue weighted by Gasteiger charge is -2.34. The highest BCUT2D eigenvalue weighted by atomic mass is 16.2. The highest BCUT2D eigenvalue weighted by Gasteiger charge is 2.49. The van der Waals surface area contributed by atoms with Gasteiger partial charge < -0.3 is 15.5 Å². The summed E-state index contributed by atoms with van der Waals surface area (Å²) in [5.74, 6) is -0.592. The molecule has 0 radical (unpaired) electrons. The molecule has 0 aromatic heterocycles. The number of rotatable bonds is 10. The third kappa shape index (κ3) is 5.83. The SMILES string of the molecule is CCC1(CC)NC(=O)N(CC(=O)NCCCN2CCN(Cc3ccccc3)CC2)C1=O. The summed E-state index contributed by atoms with van der Waals surface area (Å²) in [6, 6.07) is 10.1. The van der Waals surface area contributed by atoms with E-state index in [1.54, 1.807) is 0 Å². The zero-order valence-corrected chi connectivity index (χ0v) is 18.7. The third-order valence-electron chi connectivity index (χ3n) is 6.44. The Morgan fingerprint density at radius 1 is 1.03 bits per heavy atom. The van der Waals surface area contributed by atoms with Crippen LogP contribution in [0.15, 0.2) is 30.3 Å². The van der Waals surface area contributed by atoms with E-state index in [0.717, 1.165) is 50.6 Å². The minimum Gasteiger partial charge on any atom is -0.354 e. The first-order chi connectivity index (χ1) is 15.0. The average molecular weight is 430 g/mol. The van der Waals surface area contributed by atoms with Crippen LogP contribution in [0.1, 0.15) is 38.7 Å². The molecule has 2 N–H and O–H groups in total. The van der Waals surface area contributed by atoms with Gasteiger partial charge in [-0.2, -0.15) is 0 Å². The second-order valence-electron chi connectivity index (χ2n) is 8.42. The van der Waals surface area contributed by atoms with E-state index in [9.17, 15) is 14.4 Å². The van der Waals surface area contributed by atoms with Gasteiger partial charge in [0.05, 0.1) is 0 Å². The lowest BCUT2D eigenvalue weighted by Crippen LogP contribution is -2.47. The van der Waals surface area contributed by atoms with Crippen molar-refractivity contribution in [2.24, 2.45) is 0 Å². The van der Waals surface area contributed by atoms with Crippen molar-refractivity contribution in [3.05, 3.63) is 35.9 Å². The molecule has 0 unspecified atom stereocenters. The number of carbonyl (C=O) groups excluding carboxylic acids is 3. The molecule has 3 rings (SSSR count). The Labute approximate surface area is 184 Å². The van der Waals surface area contributed by atoms with Crippen molar-refractivity contribution in [3.8, 4) is 0 Å². The molecule has 2 aliphatic rings. The molecule has 0 aliphatic carbocycles. The van der Waals surface area contributed by atoms with Crippen LogP contribution in [0.5, 0.6) is 0 Å². The van der Waals surface area contributed by atoms with Gasteiger partial charge in [0, 0.05) is 39.3 Å². The maximum absolute atomic E-state index is 12.6. The van der Waals surface area contributed by atoms with Crippen LogP contribution in [0.2, 0.25) is 0 Å². The van der Waals surface area contributed by atoms with Gasteiger partial charge in [0.1, 0.15) is 12.1 Å². The van der Waals surface area contributed by atoms with Gasteiger partial charge in [0.15, 0.2) is 0 Å². The molecule has 2 fully saturated rings. The number of amides is 4. The van der Waals surface area contributed by atoms with Crippen LogP contribution >= 0.6 is 0 Å². The fourth-order valence-electron chi connectivity index (χ4n) is 4.29. The van der Waals surface area contributed by atoms with Crippen LogP contribution in [0, 0.1) is 0 Å². The monoisotopic (exact) mass is 429 g/mol. The van der Waals surface area contributed by atoms with Crippen molar-refractivity contribution in [1.82, 2.24) is 25.3 Å². The highest BCUT2D eigenvalue weighted by molar-refractivity contribution is 6.08. The van der Waals surface area contributed by atoms with Gasteiger partial charge >= 0.3 is 6.03 Å². The van der Waals surface area contributed by atoms with Gasteiger partial charge in [-0.05, 0) is 31.4 Å². The van der Waals surface area contributed by atoms with Gasteiger partial charge in [0.2, 0.25) is 5.91 Å². The second-order valence-corrected chi connectivity index (χ2v) is 8.42. The standard InChI is InChI=1S/C23H35N5O3/c1-3-23(4-2)21(30)28(22(31)25-23)18-20(29)24-11-8-12-26-13-15-27(16-14-26)17-19-9-6-5-7-10-19/h5-7,9-10H,3-4,8,11-18H2,1-2H3,(H,24,29)(H,25,31). The second kappa shape index (κ2) is 10.7. The molecule has 8 heteroatoms. The molecule has 1 aromatic carbocycles. The summed E-state index contributed by atoms with van der Waals surface area (Å²) in [6.07, 6.45) is 1.88.